The van der Waals surface area contributed by atoms with Gasteiger partial charge in [0.1, 0.15) is 0 Å². The number of rotatable bonds is 3. The number of carbonyl (C=O) groups excluding carboxylic acids is 1. The number of piperidine rings is 1. The molecule has 1 aromatic heterocycles. The van der Waals surface area contributed by atoms with Gasteiger partial charge < -0.3 is 10.6 Å². The van der Waals surface area contributed by atoms with Crippen molar-refractivity contribution >= 4 is 22.6 Å². The van der Waals surface area contributed by atoms with Crippen LogP contribution in [0.1, 0.15) is 32.1 Å². The molecule has 0 saturated carbocycles. The quantitative estimate of drug-likeness (QED) is 0.913. The Kier molecular flexibility index (Phi) is 3.50. The zero-order valence-corrected chi connectivity index (χ0v) is 12.5. The highest BCUT2D eigenvalue weighted by Crippen LogP contribution is 2.32. The molecule has 2 saturated heterocycles. The molecule has 2 bridgehead atoms. The van der Waals surface area contributed by atoms with Crippen molar-refractivity contribution in [3.63, 3.8) is 0 Å². The van der Waals surface area contributed by atoms with Crippen LogP contribution < -0.4 is 10.6 Å². The lowest BCUT2D eigenvalue weighted by molar-refractivity contribution is -0.117. The fourth-order valence-corrected chi connectivity index (χ4v) is 3.86. The number of anilines is 1. The normalized spacial score (nSPS) is 27.0. The fourth-order valence-electron chi connectivity index (χ4n) is 3.86. The number of benzene rings is 1. The lowest BCUT2D eigenvalue weighted by atomic mass is 9.89. The third kappa shape index (κ3) is 2.81. The molecule has 1 aromatic carbocycles. The van der Waals surface area contributed by atoms with Gasteiger partial charge in [0.2, 0.25) is 5.91 Å². The van der Waals surface area contributed by atoms with Crippen molar-refractivity contribution in [1.82, 2.24) is 15.3 Å². The molecule has 2 fully saturated rings. The van der Waals surface area contributed by atoms with E-state index in [1.807, 2.05) is 18.2 Å². The lowest BCUT2D eigenvalue weighted by Crippen LogP contribution is -2.39. The average Bonchev–Trinajstić information content (AvgIpc) is 2.86. The van der Waals surface area contributed by atoms with Gasteiger partial charge in [-0.25, -0.2) is 0 Å². The third-order valence-corrected chi connectivity index (χ3v) is 4.80. The monoisotopic (exact) mass is 296 g/mol. The number of aromatic nitrogens is 2. The number of hydrogen-bond donors (Lipinski definition) is 2. The number of fused-ring (bicyclic) bond motifs is 3. The van der Waals surface area contributed by atoms with E-state index in [4.69, 9.17) is 0 Å². The largest absolute Gasteiger partial charge is 0.326 e. The summed E-state index contributed by atoms with van der Waals surface area (Å²) in [6.45, 7) is 0. The van der Waals surface area contributed by atoms with Gasteiger partial charge in [0, 0.05) is 36.6 Å². The molecule has 2 aliphatic heterocycles. The molecule has 22 heavy (non-hydrogen) atoms. The molecule has 2 unspecified atom stereocenters. The maximum Gasteiger partial charge on any atom is 0.224 e. The van der Waals surface area contributed by atoms with Crippen molar-refractivity contribution in [2.45, 2.75) is 44.2 Å². The van der Waals surface area contributed by atoms with E-state index < -0.39 is 0 Å². The molecule has 5 nitrogen and oxygen atoms in total. The van der Waals surface area contributed by atoms with Crippen LogP contribution in [0.3, 0.4) is 0 Å². The van der Waals surface area contributed by atoms with E-state index in [9.17, 15) is 4.79 Å². The van der Waals surface area contributed by atoms with Crippen molar-refractivity contribution in [3.05, 3.63) is 30.6 Å². The molecule has 2 atom stereocenters. The second-order valence-electron chi connectivity index (χ2n) is 6.49. The Morgan fingerprint density at radius 3 is 2.64 bits per heavy atom. The summed E-state index contributed by atoms with van der Waals surface area (Å²) in [5.74, 6) is 0.619. The molecule has 0 radical (unpaired) electrons. The van der Waals surface area contributed by atoms with Gasteiger partial charge in [0.15, 0.2) is 0 Å². The number of nitrogens with zero attached hydrogens (tertiary/aromatic N) is 2. The smallest absolute Gasteiger partial charge is 0.224 e. The van der Waals surface area contributed by atoms with E-state index in [0.717, 1.165) is 29.6 Å². The average molecular weight is 296 g/mol. The molecule has 2 aromatic rings. The summed E-state index contributed by atoms with van der Waals surface area (Å²) in [5, 5.41) is 6.62. The maximum atomic E-state index is 12.3. The maximum absolute atomic E-state index is 12.3. The Bertz CT molecular complexity index is 690. The van der Waals surface area contributed by atoms with E-state index in [-0.39, 0.29) is 5.91 Å². The summed E-state index contributed by atoms with van der Waals surface area (Å²) in [7, 11) is 0. The molecule has 114 valence electrons. The van der Waals surface area contributed by atoms with Gasteiger partial charge in [-0.05, 0) is 49.8 Å². The highest BCUT2D eigenvalue weighted by molar-refractivity contribution is 5.93. The van der Waals surface area contributed by atoms with Crippen LogP contribution in [-0.4, -0.2) is 28.0 Å². The molecular weight excluding hydrogens is 276 g/mol. The van der Waals surface area contributed by atoms with Crippen LogP contribution in [0.4, 0.5) is 5.69 Å². The second kappa shape index (κ2) is 5.65. The highest BCUT2D eigenvalue weighted by Gasteiger charge is 2.34. The first kappa shape index (κ1) is 13.6. The van der Waals surface area contributed by atoms with Gasteiger partial charge in [-0.3, -0.25) is 14.8 Å². The van der Waals surface area contributed by atoms with Crippen LogP contribution >= 0.6 is 0 Å². The van der Waals surface area contributed by atoms with Crippen LogP contribution in [0.15, 0.2) is 30.6 Å². The number of amides is 1. The van der Waals surface area contributed by atoms with Gasteiger partial charge in [0.25, 0.3) is 0 Å². The SMILES string of the molecule is O=C(CC1CC2CCC(C1)N2)Nc1ccc2nccnc2c1. The van der Waals surface area contributed by atoms with Gasteiger partial charge in [-0.15, -0.1) is 0 Å². The van der Waals surface area contributed by atoms with Crippen molar-refractivity contribution in [2.75, 3.05) is 5.32 Å². The molecular formula is C17H20N4O. The first-order valence-electron chi connectivity index (χ1n) is 8.03. The van der Waals surface area contributed by atoms with E-state index in [1.165, 1.54) is 12.8 Å². The summed E-state index contributed by atoms with van der Waals surface area (Å²) in [5.41, 5.74) is 2.45. The predicted octanol–water partition coefficient (Wildman–Crippen LogP) is 2.49. The molecule has 3 heterocycles. The van der Waals surface area contributed by atoms with Crippen molar-refractivity contribution in [2.24, 2.45) is 5.92 Å². The van der Waals surface area contributed by atoms with Gasteiger partial charge in [-0.1, -0.05) is 0 Å². The van der Waals surface area contributed by atoms with Crippen LogP contribution in [0, 0.1) is 5.92 Å². The zero-order valence-electron chi connectivity index (χ0n) is 12.5. The number of carbonyl (C=O) groups is 1. The van der Waals surface area contributed by atoms with Crippen molar-refractivity contribution in [1.29, 1.82) is 0 Å². The topological polar surface area (TPSA) is 66.9 Å². The number of nitrogens with one attached hydrogen (secondary N) is 2. The van der Waals surface area contributed by atoms with Crippen molar-refractivity contribution in [3.8, 4) is 0 Å². The number of hydrogen-bond acceptors (Lipinski definition) is 4. The summed E-state index contributed by atoms with van der Waals surface area (Å²) in [6.07, 6.45) is 8.76. The van der Waals surface area contributed by atoms with Crippen LogP contribution in [0.5, 0.6) is 0 Å². The van der Waals surface area contributed by atoms with Crippen LogP contribution in [-0.2, 0) is 4.79 Å². The second-order valence-corrected chi connectivity index (χ2v) is 6.49. The Morgan fingerprint density at radius 1 is 1.14 bits per heavy atom. The zero-order chi connectivity index (χ0) is 14.9. The predicted molar refractivity (Wildman–Crippen MR) is 85.5 cm³/mol. The Labute approximate surface area is 129 Å². The van der Waals surface area contributed by atoms with Gasteiger partial charge >= 0.3 is 0 Å². The molecule has 1 amide bonds. The van der Waals surface area contributed by atoms with E-state index in [2.05, 4.69) is 20.6 Å². The minimum atomic E-state index is 0.106. The van der Waals surface area contributed by atoms with Crippen molar-refractivity contribution < 1.29 is 4.79 Å². The molecule has 2 N–H and O–H groups in total. The minimum absolute atomic E-state index is 0.106. The standard InChI is InChI=1S/C17H20N4O/c22-17(9-11-7-12-1-2-13(8-11)20-12)21-14-3-4-15-16(10-14)19-6-5-18-15/h3-6,10-13,20H,1-2,7-9H2,(H,21,22). The van der Waals surface area contributed by atoms with Crippen LogP contribution in [0.25, 0.3) is 11.0 Å². The minimum Gasteiger partial charge on any atom is -0.326 e. The third-order valence-electron chi connectivity index (χ3n) is 4.80. The molecule has 4 rings (SSSR count). The molecule has 0 spiro atoms. The van der Waals surface area contributed by atoms with Gasteiger partial charge in [-0.2, -0.15) is 0 Å². The fraction of sp³-hybridized carbons (Fsp3) is 0.471. The molecule has 2 aliphatic rings. The summed E-state index contributed by atoms with van der Waals surface area (Å²) in [4.78, 5) is 20.8. The first-order chi connectivity index (χ1) is 10.8. The summed E-state index contributed by atoms with van der Waals surface area (Å²) < 4.78 is 0. The molecule has 0 aliphatic carbocycles. The van der Waals surface area contributed by atoms with E-state index in [1.54, 1.807) is 12.4 Å². The Hall–Kier alpha value is -2.01. The van der Waals surface area contributed by atoms with E-state index >= 15 is 0 Å². The summed E-state index contributed by atoms with van der Waals surface area (Å²) >= 11 is 0. The van der Waals surface area contributed by atoms with Crippen LogP contribution in [0.2, 0.25) is 0 Å². The lowest BCUT2D eigenvalue weighted by Gasteiger charge is -2.28. The van der Waals surface area contributed by atoms with E-state index in [0.29, 0.717) is 24.4 Å². The summed E-state index contributed by atoms with van der Waals surface area (Å²) in [6, 6.07) is 6.93. The Morgan fingerprint density at radius 2 is 1.86 bits per heavy atom. The van der Waals surface area contributed by atoms with Gasteiger partial charge in [0.05, 0.1) is 11.0 Å². The Balaban J connectivity index is 1.40. The molecule has 5 heteroatoms. The first-order valence-corrected chi connectivity index (χ1v) is 8.03. The highest BCUT2D eigenvalue weighted by atomic mass is 16.1.